The van der Waals surface area contributed by atoms with Crippen molar-refractivity contribution >= 4 is 45.1 Å². The minimum absolute atomic E-state index is 0.437. The molecule has 0 aliphatic rings. The zero-order valence-corrected chi connectivity index (χ0v) is 13.4. The number of nitrogens with zero attached hydrogens (tertiary/aromatic N) is 1. The molecule has 0 radical (unpaired) electrons. The monoisotopic (exact) mass is 395 g/mol. The average Bonchev–Trinajstić information content (AvgIpc) is 2.49. The summed E-state index contributed by atoms with van der Waals surface area (Å²) in [5, 5.41) is 1.07. The predicted molar refractivity (Wildman–Crippen MR) is 90.5 cm³/mol. The molecule has 2 nitrogen and oxygen atoms in total. The molecule has 0 spiro atoms. The number of alkyl halides is 1. The van der Waals surface area contributed by atoms with Gasteiger partial charge in [0.1, 0.15) is 5.75 Å². The van der Waals surface area contributed by atoms with Gasteiger partial charge in [0.15, 0.2) is 0 Å². The summed E-state index contributed by atoms with van der Waals surface area (Å²) >= 11 is 8.28. The van der Waals surface area contributed by atoms with Crippen molar-refractivity contribution in [3.8, 4) is 11.6 Å². The van der Waals surface area contributed by atoms with Gasteiger partial charge in [-0.2, -0.15) is 0 Å². The quantitative estimate of drug-likeness (QED) is 0.439. The third kappa shape index (κ3) is 2.88. The molecular weight excluding hydrogens is 385 g/mol. The largest absolute Gasteiger partial charge is 0.439 e. The van der Waals surface area contributed by atoms with Crippen molar-refractivity contribution < 1.29 is 4.74 Å². The first-order valence-corrected chi connectivity index (χ1v) is 7.75. The molecule has 3 aromatic rings. The van der Waals surface area contributed by atoms with Crippen molar-refractivity contribution in [1.29, 1.82) is 0 Å². The molecule has 0 aliphatic carbocycles. The normalized spacial score (nSPS) is 10.7. The van der Waals surface area contributed by atoms with Crippen LogP contribution in [0.15, 0.2) is 54.6 Å². The van der Waals surface area contributed by atoms with Crippen LogP contribution in [0.3, 0.4) is 0 Å². The molecule has 0 atom stereocenters. The molecule has 20 heavy (non-hydrogen) atoms. The zero-order valence-electron chi connectivity index (χ0n) is 10.5. The number of fused-ring (bicyclic) bond motifs is 1. The van der Waals surface area contributed by atoms with Gasteiger partial charge in [-0.15, -0.1) is 11.6 Å². The summed E-state index contributed by atoms with van der Waals surface area (Å²) in [4.78, 5) is 4.52. The fraction of sp³-hybridized carbons (Fsp3) is 0.0625. The van der Waals surface area contributed by atoms with E-state index in [2.05, 4.69) is 27.6 Å². The lowest BCUT2D eigenvalue weighted by Gasteiger charge is -2.09. The van der Waals surface area contributed by atoms with Crippen molar-refractivity contribution in [3.63, 3.8) is 0 Å². The lowest BCUT2D eigenvalue weighted by molar-refractivity contribution is 0.464. The number of rotatable bonds is 3. The minimum Gasteiger partial charge on any atom is -0.439 e. The van der Waals surface area contributed by atoms with Crippen LogP contribution in [0.4, 0.5) is 0 Å². The molecule has 2 aromatic carbocycles. The van der Waals surface area contributed by atoms with E-state index in [4.69, 9.17) is 16.3 Å². The van der Waals surface area contributed by atoms with E-state index in [-0.39, 0.29) is 0 Å². The maximum absolute atomic E-state index is 6.02. The van der Waals surface area contributed by atoms with Crippen molar-refractivity contribution in [2.75, 3.05) is 0 Å². The molecule has 0 saturated carbocycles. The van der Waals surface area contributed by atoms with Gasteiger partial charge in [-0.3, -0.25) is 0 Å². The van der Waals surface area contributed by atoms with Gasteiger partial charge in [0.05, 0.1) is 5.52 Å². The number of halogens is 2. The summed E-state index contributed by atoms with van der Waals surface area (Å²) in [6.45, 7) is 0. The molecule has 0 N–H and O–H groups in total. The highest BCUT2D eigenvalue weighted by Crippen LogP contribution is 2.27. The molecule has 0 aliphatic heterocycles. The Bertz CT molecular complexity index is 743. The number of para-hydroxylation sites is 1. The first-order valence-electron chi connectivity index (χ1n) is 6.14. The van der Waals surface area contributed by atoms with E-state index >= 15 is 0 Å². The number of ether oxygens (including phenoxy) is 1. The van der Waals surface area contributed by atoms with Crippen LogP contribution in [0.1, 0.15) is 5.56 Å². The Hall–Kier alpha value is -1.33. The Balaban J connectivity index is 2.01. The van der Waals surface area contributed by atoms with Crippen molar-refractivity contribution in [2.45, 2.75) is 5.88 Å². The molecule has 1 aromatic heterocycles. The maximum Gasteiger partial charge on any atom is 0.220 e. The Morgan fingerprint density at radius 3 is 2.55 bits per heavy atom. The Kier molecular flexibility index (Phi) is 4.08. The molecule has 3 rings (SSSR count). The molecule has 0 saturated heterocycles. The molecule has 0 amide bonds. The second-order valence-electron chi connectivity index (χ2n) is 4.33. The summed E-state index contributed by atoms with van der Waals surface area (Å²) in [7, 11) is 0. The minimum atomic E-state index is 0.437. The first kappa shape index (κ1) is 13.6. The second kappa shape index (κ2) is 5.97. The van der Waals surface area contributed by atoms with Gasteiger partial charge < -0.3 is 4.74 Å². The van der Waals surface area contributed by atoms with Gasteiger partial charge >= 0.3 is 0 Å². The number of pyridine rings is 1. The number of hydrogen-bond acceptors (Lipinski definition) is 2. The average molecular weight is 396 g/mol. The maximum atomic E-state index is 6.02. The topological polar surface area (TPSA) is 22.1 Å². The Morgan fingerprint density at radius 1 is 1.05 bits per heavy atom. The van der Waals surface area contributed by atoms with Crippen LogP contribution >= 0.6 is 34.2 Å². The SMILES string of the molecule is ClCc1cc(Oc2ccc(I)cc2)nc2ccccc12. The van der Waals surface area contributed by atoms with Crippen LogP contribution < -0.4 is 4.74 Å². The summed E-state index contributed by atoms with van der Waals surface area (Å²) in [6, 6.07) is 17.7. The van der Waals surface area contributed by atoms with E-state index in [0.717, 1.165) is 22.2 Å². The highest BCUT2D eigenvalue weighted by molar-refractivity contribution is 14.1. The van der Waals surface area contributed by atoms with Gasteiger partial charge in [-0.1, -0.05) is 18.2 Å². The standard InChI is InChI=1S/C16H11ClINO/c17-10-11-9-16(19-15-4-2-1-3-14(11)15)20-13-7-5-12(18)6-8-13/h1-9H,10H2. The summed E-state index contributed by atoms with van der Waals surface area (Å²) < 4.78 is 6.98. The summed E-state index contributed by atoms with van der Waals surface area (Å²) in [5.74, 6) is 1.78. The van der Waals surface area contributed by atoms with E-state index in [1.165, 1.54) is 3.57 Å². The molecule has 1 heterocycles. The summed E-state index contributed by atoms with van der Waals surface area (Å²) in [5.41, 5.74) is 1.92. The molecule has 0 bridgehead atoms. The van der Waals surface area contributed by atoms with Crippen LogP contribution in [0.2, 0.25) is 0 Å². The zero-order chi connectivity index (χ0) is 13.9. The smallest absolute Gasteiger partial charge is 0.220 e. The van der Waals surface area contributed by atoms with E-state index in [1.54, 1.807) is 0 Å². The van der Waals surface area contributed by atoms with E-state index in [9.17, 15) is 0 Å². The lowest BCUT2D eigenvalue weighted by atomic mass is 10.1. The second-order valence-corrected chi connectivity index (χ2v) is 5.84. The third-order valence-corrected chi connectivity index (χ3v) is 3.97. The Morgan fingerprint density at radius 2 is 1.80 bits per heavy atom. The fourth-order valence-electron chi connectivity index (χ4n) is 2.01. The molecule has 4 heteroatoms. The van der Waals surface area contributed by atoms with Crippen LogP contribution in [-0.2, 0) is 5.88 Å². The summed E-state index contributed by atoms with van der Waals surface area (Å²) in [6.07, 6.45) is 0. The van der Waals surface area contributed by atoms with Crippen LogP contribution in [-0.4, -0.2) is 4.98 Å². The van der Waals surface area contributed by atoms with Gasteiger partial charge in [0.25, 0.3) is 0 Å². The fourth-order valence-corrected chi connectivity index (χ4v) is 2.59. The van der Waals surface area contributed by atoms with Gasteiger partial charge in [0, 0.05) is 20.9 Å². The van der Waals surface area contributed by atoms with Crippen LogP contribution in [0.25, 0.3) is 10.9 Å². The molecule has 0 fully saturated rings. The number of hydrogen-bond donors (Lipinski definition) is 0. The Labute approximate surface area is 135 Å². The van der Waals surface area contributed by atoms with Gasteiger partial charge in [-0.05, 0) is 58.5 Å². The molecular formula is C16H11ClINO. The molecule has 0 unspecified atom stereocenters. The number of aromatic nitrogens is 1. The predicted octanol–water partition coefficient (Wildman–Crippen LogP) is 5.37. The van der Waals surface area contributed by atoms with Gasteiger partial charge in [0.2, 0.25) is 5.88 Å². The van der Waals surface area contributed by atoms with Crippen LogP contribution in [0.5, 0.6) is 11.6 Å². The van der Waals surface area contributed by atoms with Crippen molar-refractivity contribution in [2.24, 2.45) is 0 Å². The number of benzene rings is 2. The van der Waals surface area contributed by atoms with E-state index in [1.807, 2.05) is 54.6 Å². The first-order chi connectivity index (χ1) is 9.76. The van der Waals surface area contributed by atoms with Crippen molar-refractivity contribution in [1.82, 2.24) is 4.98 Å². The highest BCUT2D eigenvalue weighted by Gasteiger charge is 2.06. The third-order valence-electron chi connectivity index (χ3n) is 2.96. The van der Waals surface area contributed by atoms with Crippen LogP contribution in [0, 0.1) is 3.57 Å². The van der Waals surface area contributed by atoms with Crippen molar-refractivity contribution in [3.05, 3.63) is 63.7 Å². The van der Waals surface area contributed by atoms with Gasteiger partial charge in [-0.25, -0.2) is 4.98 Å². The molecule has 100 valence electrons. The van der Waals surface area contributed by atoms with E-state index < -0.39 is 0 Å². The lowest BCUT2D eigenvalue weighted by Crippen LogP contribution is -1.92. The highest BCUT2D eigenvalue weighted by atomic mass is 127. The van der Waals surface area contributed by atoms with E-state index in [0.29, 0.717) is 11.8 Å².